The molecule has 0 unspecified atom stereocenters. The van der Waals surface area contributed by atoms with E-state index in [1.807, 2.05) is 12.1 Å². The van der Waals surface area contributed by atoms with Gasteiger partial charge in [-0.05, 0) is 48.7 Å². The minimum atomic E-state index is -0.308. The third kappa shape index (κ3) is 4.73. The van der Waals surface area contributed by atoms with Crippen LogP contribution >= 0.6 is 0 Å². The van der Waals surface area contributed by atoms with E-state index < -0.39 is 0 Å². The van der Waals surface area contributed by atoms with Gasteiger partial charge in [0.15, 0.2) is 5.76 Å². The second kappa shape index (κ2) is 8.19. The Hall–Kier alpha value is -3.02. The van der Waals surface area contributed by atoms with Crippen molar-refractivity contribution in [3.05, 3.63) is 71.9 Å². The van der Waals surface area contributed by atoms with Crippen molar-refractivity contribution >= 4 is 5.91 Å². The molecule has 3 aromatic rings. The van der Waals surface area contributed by atoms with Crippen molar-refractivity contribution in [2.45, 2.75) is 19.3 Å². The second-order valence-corrected chi connectivity index (χ2v) is 5.65. The first-order valence-corrected chi connectivity index (χ1v) is 8.07. The summed E-state index contributed by atoms with van der Waals surface area (Å²) in [6.45, 7) is 0.568. The largest absolute Gasteiger partial charge is 0.356 e. The Labute approximate surface area is 144 Å². The fourth-order valence-corrected chi connectivity index (χ4v) is 2.51. The monoisotopic (exact) mass is 339 g/mol. The van der Waals surface area contributed by atoms with Gasteiger partial charge in [0, 0.05) is 36.5 Å². The molecule has 0 bridgehead atoms. The van der Waals surface area contributed by atoms with Crippen molar-refractivity contribution in [1.29, 1.82) is 0 Å². The van der Waals surface area contributed by atoms with Crippen LogP contribution in [0, 0.1) is 5.82 Å². The van der Waals surface area contributed by atoms with Gasteiger partial charge in [-0.1, -0.05) is 11.2 Å². The molecule has 0 aliphatic heterocycles. The topological polar surface area (TPSA) is 68.0 Å². The Balaban J connectivity index is 1.49. The summed E-state index contributed by atoms with van der Waals surface area (Å²) in [6.07, 6.45) is 6.70. The zero-order valence-corrected chi connectivity index (χ0v) is 13.6. The van der Waals surface area contributed by atoms with E-state index in [2.05, 4.69) is 15.5 Å². The number of pyridine rings is 1. The van der Waals surface area contributed by atoms with Crippen molar-refractivity contribution in [2.24, 2.45) is 0 Å². The van der Waals surface area contributed by atoms with E-state index >= 15 is 0 Å². The molecule has 25 heavy (non-hydrogen) atoms. The summed E-state index contributed by atoms with van der Waals surface area (Å²) in [4.78, 5) is 16.0. The number of halogens is 1. The number of aryl methyl sites for hydroxylation is 1. The number of hydrogen-bond donors (Lipinski definition) is 1. The number of hydrogen-bond acceptors (Lipinski definition) is 4. The lowest BCUT2D eigenvalue weighted by atomic mass is 10.1. The highest BCUT2D eigenvalue weighted by Gasteiger charge is 2.12. The number of benzene rings is 1. The van der Waals surface area contributed by atoms with Crippen LogP contribution in [0.4, 0.5) is 4.39 Å². The maximum absolute atomic E-state index is 13.0. The van der Waals surface area contributed by atoms with E-state index in [0.29, 0.717) is 25.1 Å². The molecule has 128 valence electrons. The summed E-state index contributed by atoms with van der Waals surface area (Å²) in [5.74, 6) is 0.233. The normalized spacial score (nSPS) is 10.6. The SMILES string of the molecule is O=C(CCc1cnoc1-c1ccc(F)cc1)NCCc1cccnc1. The lowest BCUT2D eigenvalue weighted by Gasteiger charge is -2.05. The summed E-state index contributed by atoms with van der Waals surface area (Å²) >= 11 is 0. The van der Waals surface area contributed by atoms with Gasteiger partial charge in [-0.25, -0.2) is 4.39 Å². The van der Waals surface area contributed by atoms with Crippen molar-refractivity contribution < 1.29 is 13.7 Å². The minimum absolute atomic E-state index is 0.0323. The zero-order valence-electron chi connectivity index (χ0n) is 13.6. The maximum atomic E-state index is 13.0. The Morgan fingerprint density at radius 2 is 1.96 bits per heavy atom. The Morgan fingerprint density at radius 1 is 1.12 bits per heavy atom. The zero-order chi connectivity index (χ0) is 17.5. The molecule has 3 rings (SSSR count). The van der Waals surface area contributed by atoms with Gasteiger partial charge < -0.3 is 9.84 Å². The van der Waals surface area contributed by atoms with Crippen LogP contribution < -0.4 is 5.32 Å². The highest BCUT2D eigenvalue weighted by atomic mass is 19.1. The van der Waals surface area contributed by atoms with Gasteiger partial charge in [-0.15, -0.1) is 0 Å². The van der Waals surface area contributed by atoms with Crippen LogP contribution in [-0.2, 0) is 17.6 Å². The number of nitrogens with one attached hydrogen (secondary N) is 1. The van der Waals surface area contributed by atoms with Gasteiger partial charge in [0.1, 0.15) is 5.82 Å². The molecule has 0 aliphatic carbocycles. The fourth-order valence-electron chi connectivity index (χ4n) is 2.51. The molecule has 6 heteroatoms. The summed E-state index contributed by atoms with van der Waals surface area (Å²) < 4.78 is 18.3. The molecule has 0 aliphatic rings. The average molecular weight is 339 g/mol. The average Bonchev–Trinajstić information content (AvgIpc) is 3.10. The molecule has 5 nitrogen and oxygen atoms in total. The van der Waals surface area contributed by atoms with E-state index in [9.17, 15) is 9.18 Å². The van der Waals surface area contributed by atoms with E-state index in [4.69, 9.17) is 4.52 Å². The Morgan fingerprint density at radius 3 is 2.72 bits per heavy atom. The molecule has 1 amide bonds. The first-order chi connectivity index (χ1) is 12.2. The molecule has 0 spiro atoms. The highest BCUT2D eigenvalue weighted by Crippen LogP contribution is 2.24. The van der Waals surface area contributed by atoms with Crippen LogP contribution in [0.5, 0.6) is 0 Å². The van der Waals surface area contributed by atoms with Gasteiger partial charge in [0.25, 0.3) is 0 Å². The van der Waals surface area contributed by atoms with Crippen LogP contribution in [0.2, 0.25) is 0 Å². The molecule has 2 heterocycles. The first kappa shape index (κ1) is 16.8. The predicted octanol–water partition coefficient (Wildman–Crippen LogP) is 3.17. The van der Waals surface area contributed by atoms with Gasteiger partial charge in [-0.2, -0.15) is 0 Å². The summed E-state index contributed by atoms with van der Waals surface area (Å²) in [7, 11) is 0. The third-order valence-electron chi connectivity index (χ3n) is 3.83. The van der Waals surface area contributed by atoms with E-state index in [0.717, 1.165) is 23.1 Å². The van der Waals surface area contributed by atoms with Gasteiger partial charge >= 0.3 is 0 Å². The predicted molar refractivity (Wildman–Crippen MR) is 91.2 cm³/mol. The number of amides is 1. The van der Waals surface area contributed by atoms with Gasteiger partial charge in [0.2, 0.25) is 5.91 Å². The van der Waals surface area contributed by atoms with Crippen LogP contribution in [-0.4, -0.2) is 22.6 Å². The van der Waals surface area contributed by atoms with E-state index in [1.54, 1.807) is 30.7 Å². The number of carbonyl (C=O) groups excluding carboxylic acids is 1. The summed E-state index contributed by atoms with van der Waals surface area (Å²) in [5.41, 5.74) is 2.65. The standard InChI is InChI=1S/C19H18FN3O2/c20-17-6-3-15(4-7-17)19-16(13-23-25-19)5-8-18(24)22-11-9-14-2-1-10-21-12-14/h1-4,6-7,10,12-13H,5,8-9,11H2,(H,22,24). The smallest absolute Gasteiger partial charge is 0.220 e. The van der Waals surface area contributed by atoms with E-state index in [-0.39, 0.29) is 11.7 Å². The Bertz CT molecular complexity index is 816. The number of rotatable bonds is 7. The number of aromatic nitrogens is 2. The van der Waals surface area contributed by atoms with Crippen molar-refractivity contribution in [1.82, 2.24) is 15.5 Å². The molecule has 0 fully saturated rings. The molecular formula is C19H18FN3O2. The second-order valence-electron chi connectivity index (χ2n) is 5.65. The maximum Gasteiger partial charge on any atom is 0.220 e. The van der Waals surface area contributed by atoms with Crippen molar-refractivity contribution in [2.75, 3.05) is 6.54 Å². The minimum Gasteiger partial charge on any atom is -0.356 e. The molecular weight excluding hydrogens is 321 g/mol. The Kier molecular flexibility index (Phi) is 5.51. The lowest BCUT2D eigenvalue weighted by molar-refractivity contribution is -0.121. The van der Waals surface area contributed by atoms with Gasteiger partial charge in [-0.3, -0.25) is 9.78 Å². The summed E-state index contributed by atoms with van der Waals surface area (Å²) in [5, 5.41) is 6.69. The highest BCUT2D eigenvalue weighted by molar-refractivity contribution is 5.76. The van der Waals surface area contributed by atoms with Crippen molar-refractivity contribution in [3.8, 4) is 11.3 Å². The van der Waals surface area contributed by atoms with Crippen LogP contribution in [0.15, 0.2) is 59.5 Å². The molecule has 1 aromatic carbocycles. The molecule has 0 atom stereocenters. The molecule has 0 saturated heterocycles. The number of nitrogens with zero attached hydrogens (tertiary/aromatic N) is 2. The summed E-state index contributed by atoms with van der Waals surface area (Å²) in [6, 6.07) is 9.85. The molecule has 1 N–H and O–H groups in total. The molecule has 2 aromatic heterocycles. The van der Waals surface area contributed by atoms with Crippen molar-refractivity contribution in [3.63, 3.8) is 0 Å². The quantitative estimate of drug-likeness (QED) is 0.718. The van der Waals surface area contributed by atoms with Gasteiger partial charge in [0.05, 0.1) is 6.20 Å². The molecule has 0 saturated carbocycles. The first-order valence-electron chi connectivity index (χ1n) is 8.07. The van der Waals surface area contributed by atoms with Crippen LogP contribution in [0.1, 0.15) is 17.5 Å². The van der Waals surface area contributed by atoms with Crippen LogP contribution in [0.25, 0.3) is 11.3 Å². The lowest BCUT2D eigenvalue weighted by Crippen LogP contribution is -2.25. The molecule has 0 radical (unpaired) electrons. The third-order valence-corrected chi connectivity index (χ3v) is 3.83. The number of carbonyl (C=O) groups is 1. The fraction of sp³-hybridized carbons (Fsp3) is 0.211. The van der Waals surface area contributed by atoms with E-state index in [1.165, 1.54) is 12.1 Å². The van der Waals surface area contributed by atoms with Crippen LogP contribution in [0.3, 0.4) is 0 Å².